The highest BCUT2D eigenvalue weighted by molar-refractivity contribution is 5.79. The van der Waals surface area contributed by atoms with E-state index in [-0.39, 0.29) is 5.82 Å². The summed E-state index contributed by atoms with van der Waals surface area (Å²) in [5.41, 5.74) is 4.61. The van der Waals surface area contributed by atoms with Crippen molar-refractivity contribution in [1.82, 2.24) is 20.4 Å². The Labute approximate surface area is 143 Å². The van der Waals surface area contributed by atoms with Crippen molar-refractivity contribution in [1.29, 1.82) is 0 Å². The second-order valence-corrected chi connectivity index (χ2v) is 5.61. The number of nitrogens with one attached hydrogen (secondary N) is 2. The Bertz CT molecular complexity index is 688. The van der Waals surface area contributed by atoms with E-state index in [1.807, 2.05) is 11.7 Å². The second-order valence-electron chi connectivity index (χ2n) is 5.61. The highest BCUT2D eigenvalue weighted by atomic mass is 19.1. The van der Waals surface area contributed by atoms with Gasteiger partial charge in [0.05, 0.1) is 5.69 Å². The number of hydrogen-bond donors (Lipinski definition) is 2. The topological polar surface area (TPSA) is 54.2 Å². The molecule has 0 aliphatic rings. The molecule has 24 heavy (non-hydrogen) atoms. The van der Waals surface area contributed by atoms with Crippen molar-refractivity contribution in [3.05, 3.63) is 52.6 Å². The van der Waals surface area contributed by atoms with Crippen LogP contribution in [-0.2, 0) is 33.0 Å². The van der Waals surface area contributed by atoms with Crippen molar-refractivity contribution >= 4 is 5.96 Å². The normalized spacial score (nSPS) is 11.6. The fourth-order valence-electron chi connectivity index (χ4n) is 2.77. The Kier molecular flexibility index (Phi) is 6.35. The van der Waals surface area contributed by atoms with Gasteiger partial charge in [-0.25, -0.2) is 4.39 Å². The van der Waals surface area contributed by atoms with Gasteiger partial charge in [-0.2, -0.15) is 5.10 Å². The summed E-state index contributed by atoms with van der Waals surface area (Å²) in [6, 6.07) is 6.45. The van der Waals surface area contributed by atoms with Crippen LogP contribution < -0.4 is 10.6 Å². The maximum absolute atomic E-state index is 12.9. The average Bonchev–Trinajstić information content (AvgIpc) is 2.91. The second kappa shape index (κ2) is 8.47. The van der Waals surface area contributed by atoms with Crippen molar-refractivity contribution in [3.8, 4) is 0 Å². The number of aliphatic imine (C=N–C) groups is 1. The Morgan fingerprint density at radius 2 is 1.79 bits per heavy atom. The minimum absolute atomic E-state index is 0.225. The molecule has 0 radical (unpaired) electrons. The molecule has 1 aromatic carbocycles. The first-order valence-electron chi connectivity index (χ1n) is 8.31. The molecule has 0 saturated heterocycles. The zero-order valence-electron chi connectivity index (χ0n) is 14.9. The van der Waals surface area contributed by atoms with Gasteiger partial charge in [0.25, 0.3) is 0 Å². The van der Waals surface area contributed by atoms with Crippen molar-refractivity contribution in [2.45, 2.75) is 39.8 Å². The van der Waals surface area contributed by atoms with Crippen LogP contribution in [0, 0.1) is 5.82 Å². The molecule has 0 fully saturated rings. The van der Waals surface area contributed by atoms with Gasteiger partial charge in [-0.15, -0.1) is 0 Å². The van der Waals surface area contributed by atoms with Crippen molar-refractivity contribution < 1.29 is 4.39 Å². The monoisotopic (exact) mass is 331 g/mol. The van der Waals surface area contributed by atoms with Crippen LogP contribution in [0.25, 0.3) is 0 Å². The van der Waals surface area contributed by atoms with E-state index in [1.54, 1.807) is 19.2 Å². The van der Waals surface area contributed by atoms with Gasteiger partial charge in [0.1, 0.15) is 5.82 Å². The Hall–Kier alpha value is -2.37. The average molecular weight is 331 g/mol. The van der Waals surface area contributed by atoms with E-state index < -0.39 is 0 Å². The summed E-state index contributed by atoms with van der Waals surface area (Å²) in [6.07, 6.45) is 1.86. The van der Waals surface area contributed by atoms with Gasteiger partial charge in [0, 0.05) is 38.4 Å². The van der Waals surface area contributed by atoms with Crippen LogP contribution in [0.1, 0.15) is 36.4 Å². The first-order chi connectivity index (χ1) is 11.6. The van der Waals surface area contributed by atoms with Crippen LogP contribution in [0.5, 0.6) is 0 Å². The molecule has 6 heteroatoms. The predicted molar refractivity (Wildman–Crippen MR) is 95.4 cm³/mol. The molecule has 0 atom stereocenters. The molecule has 2 N–H and O–H groups in total. The molecule has 130 valence electrons. The number of aromatic nitrogens is 2. The molecule has 1 heterocycles. The third-order valence-electron chi connectivity index (χ3n) is 4.06. The molecule has 5 nitrogen and oxygen atoms in total. The van der Waals surface area contributed by atoms with Gasteiger partial charge >= 0.3 is 0 Å². The minimum Gasteiger partial charge on any atom is -0.352 e. The number of nitrogens with zero attached hydrogens (tertiary/aromatic N) is 3. The minimum atomic E-state index is -0.225. The summed E-state index contributed by atoms with van der Waals surface area (Å²) < 4.78 is 14.9. The lowest BCUT2D eigenvalue weighted by Gasteiger charge is -2.13. The highest BCUT2D eigenvalue weighted by Crippen LogP contribution is 2.15. The third kappa shape index (κ3) is 4.34. The fourth-order valence-corrected chi connectivity index (χ4v) is 2.77. The van der Waals surface area contributed by atoms with E-state index in [1.165, 1.54) is 23.4 Å². The summed E-state index contributed by atoms with van der Waals surface area (Å²) in [5, 5.41) is 11.2. The molecule has 0 aliphatic heterocycles. The largest absolute Gasteiger partial charge is 0.352 e. The zero-order valence-corrected chi connectivity index (χ0v) is 14.9. The summed E-state index contributed by atoms with van der Waals surface area (Å²) in [6.45, 7) is 5.53. The first-order valence-corrected chi connectivity index (χ1v) is 8.31. The van der Waals surface area contributed by atoms with Gasteiger partial charge < -0.3 is 10.6 Å². The highest BCUT2D eigenvalue weighted by Gasteiger charge is 2.13. The molecular formula is C18H26FN5. The van der Waals surface area contributed by atoms with Gasteiger partial charge in [-0.3, -0.25) is 9.67 Å². The summed E-state index contributed by atoms with van der Waals surface area (Å²) >= 11 is 0. The molecule has 1 aromatic heterocycles. The van der Waals surface area contributed by atoms with E-state index in [2.05, 4.69) is 34.6 Å². The molecule has 0 aliphatic carbocycles. The number of hydrogen-bond acceptors (Lipinski definition) is 2. The molecule has 2 rings (SSSR count). The maximum Gasteiger partial charge on any atom is 0.191 e. The van der Waals surface area contributed by atoms with Gasteiger partial charge in [-0.1, -0.05) is 26.0 Å². The molecule has 2 aromatic rings. The molecule has 0 bridgehead atoms. The van der Waals surface area contributed by atoms with Crippen LogP contribution in [0.15, 0.2) is 29.3 Å². The standard InChI is InChI=1S/C18H26FN5/c1-5-16-15(17(6-2)24(4)23-16)12-22-18(20-3)21-11-13-7-9-14(19)10-8-13/h7-10H,5-6,11-12H2,1-4H3,(H2,20,21,22). The van der Waals surface area contributed by atoms with E-state index in [4.69, 9.17) is 0 Å². The molecular weight excluding hydrogens is 305 g/mol. The first kappa shape index (κ1) is 18.0. The van der Waals surface area contributed by atoms with Gasteiger partial charge in [0.15, 0.2) is 5.96 Å². The Balaban J connectivity index is 1.98. The summed E-state index contributed by atoms with van der Waals surface area (Å²) in [7, 11) is 3.73. The Morgan fingerprint density at radius 1 is 1.12 bits per heavy atom. The number of aryl methyl sites for hydroxylation is 2. The smallest absolute Gasteiger partial charge is 0.191 e. The van der Waals surface area contributed by atoms with E-state index in [0.29, 0.717) is 19.0 Å². The number of benzene rings is 1. The van der Waals surface area contributed by atoms with E-state index in [9.17, 15) is 4.39 Å². The van der Waals surface area contributed by atoms with E-state index >= 15 is 0 Å². The number of guanidine groups is 1. The fraction of sp³-hybridized carbons (Fsp3) is 0.444. The lowest BCUT2D eigenvalue weighted by atomic mass is 10.1. The molecule has 0 saturated carbocycles. The van der Waals surface area contributed by atoms with Crippen LogP contribution in [0.3, 0.4) is 0 Å². The molecule has 0 unspecified atom stereocenters. The summed E-state index contributed by atoms with van der Waals surface area (Å²) in [5.74, 6) is 0.490. The lowest BCUT2D eigenvalue weighted by Crippen LogP contribution is -2.36. The maximum atomic E-state index is 12.9. The van der Waals surface area contributed by atoms with Gasteiger partial charge in [0.2, 0.25) is 0 Å². The molecule has 0 spiro atoms. The van der Waals surface area contributed by atoms with Crippen LogP contribution in [-0.4, -0.2) is 22.8 Å². The van der Waals surface area contributed by atoms with Crippen molar-refractivity contribution in [2.75, 3.05) is 7.05 Å². The lowest BCUT2D eigenvalue weighted by molar-refractivity contribution is 0.626. The van der Waals surface area contributed by atoms with Crippen molar-refractivity contribution in [3.63, 3.8) is 0 Å². The molecule has 0 amide bonds. The summed E-state index contributed by atoms with van der Waals surface area (Å²) in [4.78, 5) is 4.25. The third-order valence-corrected chi connectivity index (χ3v) is 4.06. The van der Waals surface area contributed by atoms with Crippen LogP contribution >= 0.6 is 0 Å². The van der Waals surface area contributed by atoms with Crippen LogP contribution in [0.2, 0.25) is 0 Å². The van der Waals surface area contributed by atoms with Gasteiger partial charge in [-0.05, 0) is 30.5 Å². The zero-order chi connectivity index (χ0) is 17.5. The van der Waals surface area contributed by atoms with E-state index in [0.717, 1.165) is 24.1 Å². The van der Waals surface area contributed by atoms with Crippen molar-refractivity contribution in [2.24, 2.45) is 12.0 Å². The predicted octanol–water partition coefficient (Wildman–Crippen LogP) is 2.55. The number of halogens is 1. The SMILES string of the molecule is CCc1nn(C)c(CC)c1CNC(=NC)NCc1ccc(F)cc1. The quantitative estimate of drug-likeness (QED) is 0.632. The Morgan fingerprint density at radius 3 is 2.38 bits per heavy atom. The van der Waals surface area contributed by atoms with Crippen LogP contribution in [0.4, 0.5) is 4.39 Å². The number of rotatable bonds is 6.